The molecule has 0 saturated heterocycles. The quantitative estimate of drug-likeness (QED) is 0.573. The summed E-state index contributed by atoms with van der Waals surface area (Å²) in [5.74, 6) is -0.934. The smallest absolute Gasteiger partial charge is 0.331 e. The highest BCUT2D eigenvalue weighted by molar-refractivity contribution is 5.86. The van der Waals surface area contributed by atoms with Crippen molar-refractivity contribution in [3.8, 4) is 0 Å². The first-order valence-electron chi connectivity index (χ1n) is 3.25. The Labute approximate surface area is 60.0 Å². The molecule has 10 heavy (non-hydrogen) atoms. The van der Waals surface area contributed by atoms with Crippen LogP contribution >= 0.6 is 0 Å². The fraction of sp³-hybridized carbons (Fsp3) is 0.571. The maximum Gasteiger partial charge on any atom is 0.331 e. The molecule has 3 nitrogen and oxygen atoms in total. The van der Waals surface area contributed by atoms with Crippen molar-refractivity contribution in [1.29, 1.82) is 0 Å². The molecule has 0 saturated carbocycles. The van der Waals surface area contributed by atoms with Gasteiger partial charge in [0.1, 0.15) is 0 Å². The van der Waals surface area contributed by atoms with E-state index in [1.165, 1.54) is 0 Å². The number of hydrogen-bond donors (Lipinski definition) is 2. The number of hydrogen-bond acceptors (Lipinski definition) is 2. The molecule has 0 amide bonds. The van der Waals surface area contributed by atoms with E-state index in [0.29, 0.717) is 12.0 Å². The highest BCUT2D eigenvalue weighted by atomic mass is 16.4. The van der Waals surface area contributed by atoms with Crippen LogP contribution < -0.4 is 0 Å². The standard InChI is InChI=1S/C7H12O3/c1-2-3-6(4-5-8)7(9)10/h3,8H,2,4-5H2,1H3,(H,9,10). The summed E-state index contributed by atoms with van der Waals surface area (Å²) in [5.41, 5.74) is 0.296. The van der Waals surface area contributed by atoms with E-state index in [-0.39, 0.29) is 13.0 Å². The van der Waals surface area contributed by atoms with E-state index in [1.54, 1.807) is 6.08 Å². The molecule has 0 aliphatic carbocycles. The van der Waals surface area contributed by atoms with Gasteiger partial charge in [0.2, 0.25) is 0 Å². The van der Waals surface area contributed by atoms with Crippen LogP contribution in [-0.4, -0.2) is 22.8 Å². The van der Waals surface area contributed by atoms with Crippen LogP contribution in [0.15, 0.2) is 11.6 Å². The zero-order valence-electron chi connectivity index (χ0n) is 6.00. The van der Waals surface area contributed by atoms with E-state index in [1.807, 2.05) is 6.92 Å². The van der Waals surface area contributed by atoms with E-state index < -0.39 is 5.97 Å². The fourth-order valence-corrected chi connectivity index (χ4v) is 0.663. The van der Waals surface area contributed by atoms with Crippen molar-refractivity contribution in [2.24, 2.45) is 0 Å². The Kier molecular flexibility index (Phi) is 4.58. The highest BCUT2D eigenvalue weighted by Crippen LogP contribution is 2.01. The summed E-state index contributed by atoms with van der Waals surface area (Å²) in [6.45, 7) is 1.76. The average molecular weight is 144 g/mol. The summed E-state index contributed by atoms with van der Waals surface area (Å²) < 4.78 is 0. The number of rotatable bonds is 4. The summed E-state index contributed by atoms with van der Waals surface area (Å²) in [6, 6.07) is 0. The Hall–Kier alpha value is -0.830. The van der Waals surface area contributed by atoms with Crippen LogP contribution in [0.4, 0.5) is 0 Å². The molecular formula is C7H12O3. The van der Waals surface area contributed by atoms with Gasteiger partial charge in [-0.25, -0.2) is 4.79 Å². The predicted molar refractivity (Wildman–Crippen MR) is 37.7 cm³/mol. The first kappa shape index (κ1) is 9.17. The lowest BCUT2D eigenvalue weighted by Gasteiger charge is -1.96. The van der Waals surface area contributed by atoms with Crippen molar-refractivity contribution in [3.63, 3.8) is 0 Å². The number of aliphatic carboxylic acids is 1. The Morgan fingerprint density at radius 2 is 2.20 bits per heavy atom. The summed E-state index contributed by atoms with van der Waals surface area (Å²) in [5, 5.41) is 16.9. The first-order valence-corrected chi connectivity index (χ1v) is 3.25. The molecular weight excluding hydrogens is 132 g/mol. The van der Waals surface area contributed by atoms with Gasteiger partial charge in [-0.15, -0.1) is 0 Å². The molecule has 0 spiro atoms. The Bertz CT molecular complexity index is 138. The molecule has 3 heteroatoms. The van der Waals surface area contributed by atoms with E-state index in [9.17, 15) is 4.79 Å². The number of carboxylic acid groups (broad SMARTS) is 1. The lowest BCUT2D eigenvalue weighted by Crippen LogP contribution is -2.02. The average Bonchev–Trinajstić information content (AvgIpc) is 1.87. The van der Waals surface area contributed by atoms with Crippen molar-refractivity contribution in [3.05, 3.63) is 11.6 Å². The number of aliphatic hydroxyl groups excluding tert-OH is 1. The molecule has 0 rings (SSSR count). The second-order valence-electron chi connectivity index (χ2n) is 1.92. The van der Waals surface area contributed by atoms with Gasteiger partial charge in [-0.05, 0) is 6.42 Å². The Morgan fingerprint density at radius 3 is 2.50 bits per heavy atom. The Morgan fingerprint density at radius 1 is 1.60 bits per heavy atom. The van der Waals surface area contributed by atoms with Gasteiger partial charge in [-0.1, -0.05) is 13.0 Å². The third-order valence-electron chi connectivity index (χ3n) is 1.11. The van der Waals surface area contributed by atoms with Crippen LogP contribution in [0.25, 0.3) is 0 Å². The van der Waals surface area contributed by atoms with Gasteiger partial charge in [0, 0.05) is 18.6 Å². The van der Waals surface area contributed by atoms with Crippen LogP contribution in [0.1, 0.15) is 19.8 Å². The minimum absolute atomic E-state index is 0.0991. The molecule has 0 aliphatic heterocycles. The molecule has 0 bridgehead atoms. The molecule has 0 fully saturated rings. The van der Waals surface area contributed by atoms with Crippen LogP contribution in [0.5, 0.6) is 0 Å². The van der Waals surface area contributed by atoms with E-state index in [2.05, 4.69) is 0 Å². The van der Waals surface area contributed by atoms with Crippen LogP contribution in [0.2, 0.25) is 0 Å². The second-order valence-corrected chi connectivity index (χ2v) is 1.92. The van der Waals surface area contributed by atoms with Crippen molar-refractivity contribution >= 4 is 5.97 Å². The molecule has 0 radical (unpaired) electrons. The number of carbonyl (C=O) groups is 1. The van der Waals surface area contributed by atoms with Crippen molar-refractivity contribution < 1.29 is 15.0 Å². The number of aliphatic hydroxyl groups is 1. The third kappa shape index (κ3) is 3.25. The summed E-state index contributed by atoms with van der Waals surface area (Å²) >= 11 is 0. The fourth-order valence-electron chi connectivity index (χ4n) is 0.663. The normalized spacial score (nSPS) is 11.6. The molecule has 0 aliphatic rings. The highest BCUT2D eigenvalue weighted by Gasteiger charge is 2.03. The van der Waals surface area contributed by atoms with Gasteiger partial charge in [0.05, 0.1) is 0 Å². The molecule has 0 atom stereocenters. The van der Waals surface area contributed by atoms with Gasteiger partial charge >= 0.3 is 5.97 Å². The zero-order chi connectivity index (χ0) is 7.98. The first-order chi connectivity index (χ1) is 4.72. The number of carboxylic acids is 1. The van der Waals surface area contributed by atoms with Crippen LogP contribution in [0.3, 0.4) is 0 Å². The van der Waals surface area contributed by atoms with Crippen molar-refractivity contribution in [2.45, 2.75) is 19.8 Å². The predicted octanol–water partition coefficient (Wildman–Crippen LogP) is 0.790. The molecule has 58 valence electrons. The SMILES string of the molecule is CCC=C(CCO)C(=O)O. The van der Waals surface area contributed by atoms with Gasteiger partial charge in [0.25, 0.3) is 0 Å². The largest absolute Gasteiger partial charge is 0.478 e. The Balaban J connectivity index is 3.98. The summed E-state index contributed by atoms with van der Waals surface area (Å²) in [6.07, 6.45) is 2.54. The summed E-state index contributed by atoms with van der Waals surface area (Å²) in [7, 11) is 0. The topological polar surface area (TPSA) is 57.5 Å². The minimum Gasteiger partial charge on any atom is -0.478 e. The lowest BCUT2D eigenvalue weighted by atomic mass is 10.2. The molecule has 0 unspecified atom stereocenters. The van der Waals surface area contributed by atoms with E-state index in [0.717, 1.165) is 0 Å². The van der Waals surface area contributed by atoms with Gasteiger partial charge in [-0.3, -0.25) is 0 Å². The van der Waals surface area contributed by atoms with Crippen LogP contribution in [-0.2, 0) is 4.79 Å². The van der Waals surface area contributed by atoms with Gasteiger partial charge in [0.15, 0.2) is 0 Å². The molecule has 0 heterocycles. The zero-order valence-corrected chi connectivity index (χ0v) is 6.00. The maximum atomic E-state index is 10.3. The van der Waals surface area contributed by atoms with Gasteiger partial charge < -0.3 is 10.2 Å². The van der Waals surface area contributed by atoms with Gasteiger partial charge in [-0.2, -0.15) is 0 Å². The molecule has 0 aromatic rings. The number of allylic oxidation sites excluding steroid dienone is 1. The van der Waals surface area contributed by atoms with E-state index >= 15 is 0 Å². The molecule has 0 aromatic heterocycles. The minimum atomic E-state index is -0.934. The summed E-state index contributed by atoms with van der Waals surface area (Å²) in [4.78, 5) is 10.3. The second kappa shape index (κ2) is 4.99. The van der Waals surface area contributed by atoms with Crippen LogP contribution in [0, 0.1) is 0 Å². The molecule has 2 N–H and O–H groups in total. The van der Waals surface area contributed by atoms with E-state index in [4.69, 9.17) is 10.2 Å². The third-order valence-corrected chi connectivity index (χ3v) is 1.11. The maximum absolute atomic E-state index is 10.3. The van der Waals surface area contributed by atoms with Crippen molar-refractivity contribution in [1.82, 2.24) is 0 Å². The van der Waals surface area contributed by atoms with Crippen molar-refractivity contribution in [2.75, 3.05) is 6.61 Å². The lowest BCUT2D eigenvalue weighted by molar-refractivity contribution is -0.132. The molecule has 0 aromatic carbocycles. The monoisotopic (exact) mass is 144 g/mol.